The molecule has 0 spiro atoms. The quantitative estimate of drug-likeness (QED) is 0.653. The smallest absolute Gasteiger partial charge is 0.137 e. The van der Waals surface area contributed by atoms with Crippen molar-refractivity contribution in [3.8, 4) is 5.75 Å². The van der Waals surface area contributed by atoms with Crippen LogP contribution in [-0.2, 0) is 6.54 Å². The van der Waals surface area contributed by atoms with Crippen LogP contribution >= 0.6 is 11.6 Å². The molecule has 0 heterocycles. The van der Waals surface area contributed by atoms with Crippen LogP contribution in [-0.4, -0.2) is 13.2 Å². The largest absolute Gasteiger partial charge is 0.492 e. The van der Waals surface area contributed by atoms with Gasteiger partial charge in [0.05, 0.1) is 11.6 Å². The highest BCUT2D eigenvalue weighted by Gasteiger charge is 2.09. The Kier molecular flexibility index (Phi) is 8.72. The van der Waals surface area contributed by atoms with Gasteiger partial charge in [-0.15, -0.1) is 0 Å². The summed E-state index contributed by atoms with van der Waals surface area (Å²) in [6, 6.07) is 6.06. The predicted octanol–water partition coefficient (Wildman–Crippen LogP) is 5.04. The molecule has 1 atom stereocenters. The zero-order valence-electron chi connectivity index (χ0n) is 13.0. The number of halogens is 1. The van der Waals surface area contributed by atoms with Crippen molar-refractivity contribution in [3.05, 3.63) is 28.8 Å². The molecule has 0 aliphatic rings. The van der Waals surface area contributed by atoms with Crippen LogP contribution in [0.2, 0.25) is 5.02 Å². The number of hydrogen-bond donors (Lipinski definition) is 1. The van der Waals surface area contributed by atoms with Crippen LogP contribution in [0.1, 0.15) is 52.0 Å². The van der Waals surface area contributed by atoms with Gasteiger partial charge >= 0.3 is 0 Å². The van der Waals surface area contributed by atoms with Crippen LogP contribution < -0.4 is 10.1 Å². The Hall–Kier alpha value is -0.730. The Balaban J connectivity index is 2.50. The van der Waals surface area contributed by atoms with Crippen LogP contribution in [0, 0.1) is 5.92 Å². The van der Waals surface area contributed by atoms with E-state index in [2.05, 4.69) is 32.2 Å². The molecule has 1 aromatic rings. The normalized spacial score (nSPS) is 12.4. The Labute approximate surface area is 128 Å². The van der Waals surface area contributed by atoms with E-state index in [-0.39, 0.29) is 0 Å². The fourth-order valence-electron chi connectivity index (χ4n) is 2.15. The highest BCUT2D eigenvalue weighted by molar-refractivity contribution is 6.32. The molecule has 0 saturated carbocycles. The Bertz CT molecular complexity index is 381. The molecule has 0 bridgehead atoms. The van der Waals surface area contributed by atoms with Crippen molar-refractivity contribution < 1.29 is 4.74 Å². The van der Waals surface area contributed by atoms with Crippen LogP contribution in [0.5, 0.6) is 5.75 Å². The Morgan fingerprint density at radius 1 is 1.25 bits per heavy atom. The lowest BCUT2D eigenvalue weighted by atomic mass is 10.0. The minimum absolute atomic E-state index is 0.632. The summed E-state index contributed by atoms with van der Waals surface area (Å²) >= 11 is 6.29. The van der Waals surface area contributed by atoms with Crippen LogP contribution in [0.4, 0.5) is 0 Å². The number of hydrogen-bond acceptors (Lipinski definition) is 2. The molecule has 20 heavy (non-hydrogen) atoms. The average molecular weight is 298 g/mol. The lowest BCUT2D eigenvalue weighted by Gasteiger charge is -2.16. The van der Waals surface area contributed by atoms with Gasteiger partial charge in [-0.3, -0.25) is 0 Å². The second-order valence-electron chi connectivity index (χ2n) is 5.27. The van der Waals surface area contributed by atoms with E-state index in [1.54, 1.807) is 0 Å². The molecule has 0 amide bonds. The van der Waals surface area contributed by atoms with Gasteiger partial charge in [0, 0.05) is 6.54 Å². The maximum Gasteiger partial charge on any atom is 0.137 e. The summed E-state index contributed by atoms with van der Waals surface area (Å²) in [6.45, 7) is 9.14. The van der Waals surface area contributed by atoms with Crippen molar-refractivity contribution in [2.45, 2.75) is 53.0 Å². The summed E-state index contributed by atoms with van der Waals surface area (Å²) in [4.78, 5) is 0. The number of nitrogens with one attached hydrogen (secondary N) is 1. The van der Waals surface area contributed by atoms with Gasteiger partial charge in [-0.05, 0) is 36.6 Å². The first-order valence-corrected chi connectivity index (χ1v) is 8.20. The minimum atomic E-state index is 0.632. The zero-order chi connectivity index (χ0) is 14.8. The van der Waals surface area contributed by atoms with E-state index in [0.29, 0.717) is 10.9 Å². The topological polar surface area (TPSA) is 21.3 Å². The number of rotatable bonds is 10. The second kappa shape index (κ2) is 10.1. The van der Waals surface area contributed by atoms with Gasteiger partial charge in [-0.25, -0.2) is 0 Å². The molecule has 0 fully saturated rings. The van der Waals surface area contributed by atoms with Gasteiger partial charge in [-0.2, -0.15) is 0 Å². The molecule has 0 saturated heterocycles. The molecule has 114 valence electrons. The third kappa shape index (κ3) is 6.15. The van der Waals surface area contributed by atoms with E-state index in [0.717, 1.165) is 31.9 Å². The number of ether oxygens (including phenoxy) is 1. The third-order valence-corrected chi connectivity index (χ3v) is 3.89. The molecule has 0 aromatic heterocycles. The van der Waals surface area contributed by atoms with Gasteiger partial charge in [-0.1, -0.05) is 57.7 Å². The van der Waals surface area contributed by atoms with Crippen molar-refractivity contribution in [2.75, 3.05) is 13.2 Å². The van der Waals surface area contributed by atoms with E-state index < -0.39 is 0 Å². The minimum Gasteiger partial charge on any atom is -0.492 e. The summed E-state index contributed by atoms with van der Waals surface area (Å²) in [5.74, 6) is 1.44. The summed E-state index contributed by atoms with van der Waals surface area (Å²) in [5, 5.41) is 4.01. The van der Waals surface area contributed by atoms with E-state index in [1.165, 1.54) is 24.8 Å². The number of unbranched alkanes of at least 4 members (excludes halogenated alkanes) is 1. The van der Waals surface area contributed by atoms with Gasteiger partial charge in [0.15, 0.2) is 0 Å². The second-order valence-corrected chi connectivity index (χ2v) is 5.68. The molecule has 0 aliphatic carbocycles. The fourth-order valence-corrected chi connectivity index (χ4v) is 2.40. The van der Waals surface area contributed by atoms with E-state index in [9.17, 15) is 0 Å². The molecule has 1 rings (SSSR count). The maximum absolute atomic E-state index is 6.29. The first-order valence-electron chi connectivity index (χ1n) is 7.83. The predicted molar refractivity (Wildman–Crippen MR) is 87.6 cm³/mol. The van der Waals surface area contributed by atoms with Gasteiger partial charge in [0.25, 0.3) is 0 Å². The standard InChI is InChI=1S/C17H28ClNO/c1-4-7-8-14(5-2)13-20-17-10-9-15(11-16(17)18)12-19-6-3/h9-11,14,19H,4-8,12-13H2,1-3H3. The molecular formula is C17H28ClNO. The van der Waals surface area contributed by atoms with E-state index in [4.69, 9.17) is 16.3 Å². The summed E-state index contributed by atoms with van der Waals surface area (Å²) in [7, 11) is 0. The van der Waals surface area contributed by atoms with Crippen molar-refractivity contribution in [1.29, 1.82) is 0 Å². The van der Waals surface area contributed by atoms with Crippen LogP contribution in [0.25, 0.3) is 0 Å². The van der Waals surface area contributed by atoms with Crippen LogP contribution in [0.3, 0.4) is 0 Å². The van der Waals surface area contributed by atoms with Crippen molar-refractivity contribution in [3.63, 3.8) is 0 Å². The lowest BCUT2D eigenvalue weighted by Crippen LogP contribution is -2.13. The van der Waals surface area contributed by atoms with Gasteiger partial charge < -0.3 is 10.1 Å². The van der Waals surface area contributed by atoms with Crippen LogP contribution in [0.15, 0.2) is 18.2 Å². The van der Waals surface area contributed by atoms with Gasteiger partial charge in [0.1, 0.15) is 5.75 Å². The van der Waals surface area contributed by atoms with Gasteiger partial charge in [0.2, 0.25) is 0 Å². The molecule has 2 nitrogen and oxygen atoms in total. The molecule has 0 aliphatic heterocycles. The SMILES string of the molecule is CCCCC(CC)COc1ccc(CNCC)cc1Cl. The Morgan fingerprint density at radius 2 is 2.05 bits per heavy atom. The first-order chi connectivity index (χ1) is 9.71. The molecule has 1 unspecified atom stereocenters. The zero-order valence-corrected chi connectivity index (χ0v) is 13.8. The monoisotopic (exact) mass is 297 g/mol. The summed E-state index contributed by atoms with van der Waals surface area (Å²) < 4.78 is 5.89. The molecular weight excluding hydrogens is 270 g/mol. The van der Waals surface area contributed by atoms with Crippen molar-refractivity contribution in [2.24, 2.45) is 5.92 Å². The highest BCUT2D eigenvalue weighted by Crippen LogP contribution is 2.26. The molecule has 3 heteroatoms. The summed E-state index contributed by atoms with van der Waals surface area (Å²) in [6.07, 6.45) is 4.92. The van der Waals surface area contributed by atoms with E-state index >= 15 is 0 Å². The Morgan fingerprint density at radius 3 is 2.65 bits per heavy atom. The molecule has 1 aromatic carbocycles. The molecule has 1 N–H and O–H groups in total. The van der Waals surface area contributed by atoms with Crippen molar-refractivity contribution in [1.82, 2.24) is 5.32 Å². The highest BCUT2D eigenvalue weighted by atomic mass is 35.5. The summed E-state index contributed by atoms with van der Waals surface area (Å²) in [5.41, 5.74) is 1.20. The maximum atomic E-state index is 6.29. The van der Waals surface area contributed by atoms with Crippen molar-refractivity contribution >= 4 is 11.6 Å². The average Bonchev–Trinajstić information content (AvgIpc) is 2.46. The fraction of sp³-hybridized carbons (Fsp3) is 0.647. The first kappa shape index (κ1) is 17.3. The number of benzene rings is 1. The lowest BCUT2D eigenvalue weighted by molar-refractivity contribution is 0.233. The molecule has 0 radical (unpaired) electrons. The van der Waals surface area contributed by atoms with E-state index in [1.807, 2.05) is 12.1 Å². The third-order valence-electron chi connectivity index (χ3n) is 3.59.